The summed E-state index contributed by atoms with van der Waals surface area (Å²) in [6.45, 7) is 1.26. The van der Waals surface area contributed by atoms with Gasteiger partial charge in [0.05, 0.1) is 24.9 Å². The van der Waals surface area contributed by atoms with Crippen LogP contribution in [-0.2, 0) is 32.2 Å². The highest BCUT2D eigenvalue weighted by Gasteiger charge is 2.33. The van der Waals surface area contributed by atoms with Gasteiger partial charge in [-0.2, -0.15) is 0 Å². The Balaban J connectivity index is 1.23. The summed E-state index contributed by atoms with van der Waals surface area (Å²) >= 11 is 0. The van der Waals surface area contributed by atoms with Gasteiger partial charge in [-0.05, 0) is 77.5 Å². The number of amides is 2. The van der Waals surface area contributed by atoms with Crippen molar-refractivity contribution in [3.8, 4) is 16.9 Å². The standard InChI is InChI=1S/C42H51N3O8/c1-45(27-38(48)34-12-8-14-36(47)23-34)26-37-24-39(31-19-17-29(28-46)18-20-31)53-42(52-37)35-13-7-11-33(22-35)32-10-6-9-30(21-32)25-43-40(49)15-4-2-3-5-16-41(50)44-51/h6-14,17-23,37-39,42,46-48,51H,2-5,15-16,24-28H2,1H3,(H,43,49)(H,44,50)/t37-,38-,39+,42+/m1/s1. The van der Waals surface area contributed by atoms with E-state index < -0.39 is 18.3 Å². The molecular formula is C42H51N3O8. The van der Waals surface area contributed by atoms with Crippen molar-refractivity contribution in [1.82, 2.24) is 15.7 Å². The number of unbranched alkanes of at least 4 members (excludes halogenated alkanes) is 3. The third-order valence-corrected chi connectivity index (χ3v) is 9.46. The lowest BCUT2D eigenvalue weighted by atomic mass is 9.98. The van der Waals surface area contributed by atoms with E-state index in [-0.39, 0.29) is 36.9 Å². The average molecular weight is 726 g/mol. The van der Waals surface area contributed by atoms with Crippen LogP contribution in [0.3, 0.4) is 0 Å². The molecule has 1 saturated heterocycles. The highest BCUT2D eigenvalue weighted by molar-refractivity contribution is 5.76. The van der Waals surface area contributed by atoms with Crippen molar-refractivity contribution < 1.29 is 39.6 Å². The molecule has 0 radical (unpaired) electrons. The van der Waals surface area contributed by atoms with Crippen molar-refractivity contribution in [2.24, 2.45) is 0 Å². The van der Waals surface area contributed by atoms with E-state index in [4.69, 9.17) is 14.7 Å². The summed E-state index contributed by atoms with van der Waals surface area (Å²) in [5.74, 6) is -0.303. The number of aliphatic hydroxyl groups excluding tert-OH is 2. The van der Waals surface area contributed by atoms with E-state index in [9.17, 15) is 24.9 Å². The molecule has 0 aliphatic carbocycles. The number of hydrogen-bond donors (Lipinski definition) is 6. The maximum atomic E-state index is 12.5. The average Bonchev–Trinajstić information content (AvgIpc) is 3.18. The van der Waals surface area contributed by atoms with Gasteiger partial charge in [0.25, 0.3) is 0 Å². The van der Waals surface area contributed by atoms with Gasteiger partial charge in [0, 0.05) is 44.5 Å². The van der Waals surface area contributed by atoms with Gasteiger partial charge >= 0.3 is 0 Å². The van der Waals surface area contributed by atoms with Crippen molar-refractivity contribution in [1.29, 1.82) is 0 Å². The molecule has 2 amide bonds. The van der Waals surface area contributed by atoms with Crippen molar-refractivity contribution in [3.63, 3.8) is 0 Å². The van der Waals surface area contributed by atoms with Gasteiger partial charge in [-0.15, -0.1) is 0 Å². The van der Waals surface area contributed by atoms with Gasteiger partial charge in [0.1, 0.15) is 5.75 Å². The topological polar surface area (TPSA) is 161 Å². The Labute approximate surface area is 311 Å². The van der Waals surface area contributed by atoms with Crippen LogP contribution in [0.25, 0.3) is 11.1 Å². The number of phenols is 1. The van der Waals surface area contributed by atoms with E-state index in [1.54, 1.807) is 29.7 Å². The number of rotatable bonds is 18. The zero-order valence-electron chi connectivity index (χ0n) is 30.2. The van der Waals surface area contributed by atoms with E-state index in [1.165, 1.54) is 0 Å². The Bertz CT molecular complexity index is 1770. The second-order valence-electron chi connectivity index (χ2n) is 13.7. The number of ether oxygens (including phenoxy) is 2. The van der Waals surface area contributed by atoms with Crippen molar-refractivity contribution in [2.45, 2.75) is 82.7 Å². The molecule has 11 nitrogen and oxygen atoms in total. The molecule has 1 heterocycles. The summed E-state index contributed by atoms with van der Waals surface area (Å²) < 4.78 is 13.2. The maximum absolute atomic E-state index is 12.5. The Hall–Kier alpha value is -4.62. The molecular weight excluding hydrogens is 674 g/mol. The molecule has 5 rings (SSSR count). The Morgan fingerprint density at radius 1 is 0.811 bits per heavy atom. The number of aliphatic hydroxyl groups is 2. The van der Waals surface area contributed by atoms with Crippen LogP contribution in [0.5, 0.6) is 5.75 Å². The molecule has 4 aromatic rings. The SMILES string of the molecule is CN(C[C@H]1C[C@@H](c2ccc(CO)cc2)O[C@@H](c2cccc(-c3cccc(CNC(=O)CCCCCCC(=O)NO)c3)c2)O1)C[C@@H](O)c1cccc(O)c1. The molecule has 282 valence electrons. The Morgan fingerprint density at radius 2 is 1.51 bits per heavy atom. The largest absolute Gasteiger partial charge is 0.508 e. The highest BCUT2D eigenvalue weighted by atomic mass is 16.7. The number of carbonyl (C=O) groups excluding carboxylic acids is 2. The number of hydrogen-bond acceptors (Lipinski definition) is 9. The number of phenolic OH excluding ortho intramolecular Hbond substituents is 1. The number of nitrogens with zero attached hydrogens (tertiary/aromatic N) is 1. The third kappa shape index (κ3) is 12.2. The minimum absolute atomic E-state index is 0.0216. The van der Waals surface area contributed by atoms with Crippen LogP contribution in [0.1, 0.15) is 91.3 Å². The Morgan fingerprint density at radius 3 is 2.23 bits per heavy atom. The van der Waals surface area contributed by atoms with Crippen LogP contribution in [0.4, 0.5) is 0 Å². The highest BCUT2D eigenvalue weighted by Crippen LogP contribution is 2.39. The zero-order valence-corrected chi connectivity index (χ0v) is 30.2. The summed E-state index contributed by atoms with van der Waals surface area (Å²) in [5.41, 5.74) is 7.90. The van der Waals surface area contributed by atoms with Gasteiger partial charge in [-0.1, -0.05) is 85.6 Å². The second-order valence-corrected chi connectivity index (χ2v) is 13.7. The molecule has 1 aliphatic rings. The van der Waals surface area contributed by atoms with Crippen LogP contribution in [-0.4, -0.2) is 63.5 Å². The van der Waals surface area contributed by atoms with Gasteiger partial charge < -0.3 is 35.0 Å². The van der Waals surface area contributed by atoms with E-state index >= 15 is 0 Å². The van der Waals surface area contributed by atoms with Gasteiger partial charge in [-0.25, -0.2) is 5.48 Å². The number of benzene rings is 4. The van der Waals surface area contributed by atoms with Crippen molar-refractivity contribution in [2.75, 3.05) is 20.1 Å². The summed E-state index contributed by atoms with van der Waals surface area (Å²) in [5, 5.41) is 41.9. The zero-order chi connectivity index (χ0) is 37.6. The van der Waals surface area contributed by atoms with E-state index in [1.807, 2.05) is 72.6 Å². The molecule has 1 fully saturated rings. The number of likely N-dealkylation sites (N-methyl/N-ethyl adjacent to an activating group) is 1. The van der Waals surface area contributed by atoms with E-state index in [2.05, 4.69) is 17.4 Å². The molecule has 6 N–H and O–H groups in total. The van der Waals surface area contributed by atoms with Gasteiger partial charge in [-0.3, -0.25) is 14.8 Å². The quantitative estimate of drug-likeness (QED) is 0.0397. The van der Waals surface area contributed by atoms with Crippen molar-refractivity contribution >= 4 is 11.8 Å². The lowest BCUT2D eigenvalue weighted by molar-refractivity contribution is -0.252. The maximum Gasteiger partial charge on any atom is 0.243 e. The molecule has 0 spiro atoms. The first-order valence-electron chi connectivity index (χ1n) is 18.3. The normalized spacial score (nSPS) is 17.7. The molecule has 53 heavy (non-hydrogen) atoms. The van der Waals surface area contributed by atoms with Crippen LogP contribution >= 0.6 is 0 Å². The first-order chi connectivity index (χ1) is 25.7. The predicted molar refractivity (Wildman–Crippen MR) is 200 cm³/mol. The van der Waals surface area contributed by atoms with Crippen LogP contribution in [0.15, 0.2) is 97.1 Å². The summed E-state index contributed by atoms with van der Waals surface area (Å²) in [4.78, 5) is 25.6. The Kier molecular flexibility index (Phi) is 14.9. The molecule has 0 unspecified atom stereocenters. The molecule has 4 atom stereocenters. The van der Waals surface area contributed by atoms with E-state index in [0.717, 1.165) is 52.6 Å². The molecule has 4 aromatic carbocycles. The number of nitrogens with one attached hydrogen (secondary N) is 2. The number of carbonyl (C=O) groups is 2. The summed E-state index contributed by atoms with van der Waals surface area (Å²) in [7, 11) is 1.94. The summed E-state index contributed by atoms with van der Waals surface area (Å²) in [6.07, 6.45) is 2.42. The second kappa shape index (κ2) is 20.0. The fourth-order valence-electron chi connectivity index (χ4n) is 6.58. The minimum atomic E-state index is -0.782. The van der Waals surface area contributed by atoms with Gasteiger partial charge in [0.15, 0.2) is 6.29 Å². The van der Waals surface area contributed by atoms with E-state index in [0.29, 0.717) is 44.5 Å². The smallest absolute Gasteiger partial charge is 0.243 e. The predicted octanol–water partition coefficient (Wildman–Crippen LogP) is 6.22. The minimum Gasteiger partial charge on any atom is -0.508 e. The first-order valence-corrected chi connectivity index (χ1v) is 18.3. The molecule has 0 bridgehead atoms. The molecule has 11 heteroatoms. The molecule has 0 aromatic heterocycles. The summed E-state index contributed by atoms with van der Waals surface area (Å²) in [6, 6.07) is 30.5. The first kappa shape index (κ1) is 39.6. The number of hydroxylamine groups is 1. The third-order valence-electron chi connectivity index (χ3n) is 9.46. The molecule has 0 saturated carbocycles. The fourth-order valence-corrected chi connectivity index (χ4v) is 6.58. The van der Waals surface area contributed by atoms with Crippen LogP contribution < -0.4 is 10.8 Å². The number of aromatic hydroxyl groups is 1. The lowest BCUT2D eigenvalue weighted by Gasteiger charge is -2.38. The van der Waals surface area contributed by atoms with Crippen molar-refractivity contribution in [3.05, 3.63) is 125 Å². The molecule has 1 aliphatic heterocycles. The van der Waals surface area contributed by atoms with Crippen LogP contribution in [0, 0.1) is 0 Å². The van der Waals surface area contributed by atoms with Crippen LogP contribution in [0.2, 0.25) is 0 Å². The fraction of sp³-hybridized carbons (Fsp3) is 0.381. The van der Waals surface area contributed by atoms with Gasteiger partial charge in [0.2, 0.25) is 11.8 Å². The lowest BCUT2D eigenvalue weighted by Crippen LogP contribution is -2.39. The monoisotopic (exact) mass is 725 g/mol.